The summed E-state index contributed by atoms with van der Waals surface area (Å²) in [6.07, 6.45) is 0. The van der Waals surface area contributed by atoms with E-state index in [2.05, 4.69) is 100 Å². The fraction of sp³-hybridized carbons (Fsp3) is 0. The van der Waals surface area contributed by atoms with Gasteiger partial charge in [0.05, 0.1) is 0 Å². The van der Waals surface area contributed by atoms with Gasteiger partial charge in [0.25, 0.3) is 0 Å². The van der Waals surface area contributed by atoms with E-state index >= 15 is 0 Å². The normalized spacial score (nSPS) is 9.54. The van der Waals surface area contributed by atoms with Crippen LogP contribution in [-0.4, -0.2) is 0 Å². The third kappa shape index (κ3) is 4.79. The molecular formula is C22H19FeP. The summed E-state index contributed by atoms with van der Waals surface area (Å²) in [5, 5.41) is 1.27. The molecule has 4 rings (SSSR count). The molecule has 2 heteroatoms. The molecule has 0 radical (unpaired) electrons. The predicted octanol–water partition coefficient (Wildman–Crippen LogP) is 5.64. The molecule has 0 N–H and O–H groups in total. The van der Waals surface area contributed by atoms with E-state index in [1.807, 2.05) is 12.1 Å². The van der Waals surface area contributed by atoms with Crippen molar-refractivity contribution in [2.24, 2.45) is 0 Å². The SMILES string of the molecule is Pc1[cH-]ccc1-c1ccccc1.[Fe+2].c1ccc(-c2ccc[cH-]2)cc1. The molecule has 4 aromatic rings. The summed E-state index contributed by atoms with van der Waals surface area (Å²) >= 11 is 0. The first-order valence-electron chi connectivity index (χ1n) is 7.68. The van der Waals surface area contributed by atoms with Crippen molar-refractivity contribution in [3.05, 3.63) is 103 Å². The van der Waals surface area contributed by atoms with Crippen LogP contribution in [0.4, 0.5) is 0 Å². The van der Waals surface area contributed by atoms with Gasteiger partial charge in [-0.3, -0.25) is 0 Å². The third-order valence-corrected chi connectivity index (χ3v) is 4.21. The maximum absolute atomic E-state index is 2.75. The molecular weight excluding hydrogens is 351 g/mol. The molecule has 0 heterocycles. The number of rotatable bonds is 2. The molecule has 0 fully saturated rings. The maximum Gasteiger partial charge on any atom is 2.00 e. The van der Waals surface area contributed by atoms with Crippen molar-refractivity contribution < 1.29 is 17.1 Å². The van der Waals surface area contributed by atoms with Crippen LogP contribution >= 0.6 is 9.24 Å². The van der Waals surface area contributed by atoms with Crippen LogP contribution in [0.3, 0.4) is 0 Å². The molecule has 0 aliphatic rings. The second kappa shape index (κ2) is 9.40. The first-order valence-corrected chi connectivity index (χ1v) is 8.26. The average molecular weight is 370 g/mol. The zero-order valence-corrected chi connectivity index (χ0v) is 15.5. The summed E-state index contributed by atoms with van der Waals surface area (Å²) in [4.78, 5) is 0. The standard InChI is InChI=1S/C11H10P.C11H9.Fe/c12-11-8-4-7-10(11)9-5-2-1-3-6-9;1-2-6-10(7-3-1)11-8-4-5-9-11;/h1-8H,12H2;1-9H;/q2*-1;+2. The van der Waals surface area contributed by atoms with Crippen LogP contribution in [0.1, 0.15) is 0 Å². The molecule has 0 nitrogen and oxygen atoms in total. The van der Waals surface area contributed by atoms with Gasteiger partial charge in [-0.15, -0.1) is 26.2 Å². The van der Waals surface area contributed by atoms with Gasteiger partial charge < -0.3 is 0 Å². The Morgan fingerprint density at radius 2 is 1.21 bits per heavy atom. The first-order chi connectivity index (χ1) is 11.3. The van der Waals surface area contributed by atoms with Crippen molar-refractivity contribution in [3.8, 4) is 22.3 Å². The van der Waals surface area contributed by atoms with Crippen LogP contribution in [0.15, 0.2) is 103 Å². The molecule has 0 saturated heterocycles. The minimum absolute atomic E-state index is 0. The van der Waals surface area contributed by atoms with Crippen molar-refractivity contribution in [3.63, 3.8) is 0 Å². The minimum atomic E-state index is 0. The van der Waals surface area contributed by atoms with E-state index in [9.17, 15) is 0 Å². The summed E-state index contributed by atoms with van der Waals surface area (Å²) in [7, 11) is 2.75. The fourth-order valence-electron chi connectivity index (χ4n) is 2.51. The van der Waals surface area contributed by atoms with E-state index in [0.717, 1.165) is 0 Å². The van der Waals surface area contributed by atoms with E-state index in [1.54, 1.807) is 0 Å². The molecule has 0 aliphatic carbocycles. The van der Waals surface area contributed by atoms with Crippen LogP contribution < -0.4 is 5.30 Å². The van der Waals surface area contributed by atoms with E-state index in [4.69, 9.17) is 0 Å². The predicted molar refractivity (Wildman–Crippen MR) is 104 cm³/mol. The Morgan fingerprint density at radius 3 is 1.71 bits per heavy atom. The van der Waals surface area contributed by atoms with Crippen molar-refractivity contribution in [2.45, 2.75) is 0 Å². The van der Waals surface area contributed by atoms with Crippen LogP contribution in [0.2, 0.25) is 0 Å². The maximum atomic E-state index is 2.75. The molecule has 0 spiro atoms. The van der Waals surface area contributed by atoms with Crippen molar-refractivity contribution in [2.75, 3.05) is 0 Å². The number of hydrogen-bond acceptors (Lipinski definition) is 0. The van der Waals surface area contributed by atoms with Gasteiger partial charge in [0.1, 0.15) is 0 Å². The van der Waals surface area contributed by atoms with Crippen LogP contribution in [0.25, 0.3) is 22.3 Å². The largest absolute Gasteiger partial charge is 2.00 e. The van der Waals surface area contributed by atoms with Crippen molar-refractivity contribution in [1.82, 2.24) is 0 Å². The zero-order chi connectivity index (χ0) is 15.9. The van der Waals surface area contributed by atoms with E-state index < -0.39 is 0 Å². The second-order valence-corrected chi connectivity index (χ2v) is 5.92. The summed E-state index contributed by atoms with van der Waals surface area (Å²) in [5.74, 6) is 0. The van der Waals surface area contributed by atoms with Gasteiger partial charge in [0.15, 0.2) is 0 Å². The van der Waals surface area contributed by atoms with Gasteiger partial charge in [-0.25, -0.2) is 6.07 Å². The Balaban J connectivity index is 0.000000167. The van der Waals surface area contributed by atoms with Crippen LogP contribution in [-0.2, 0) is 17.1 Å². The fourth-order valence-corrected chi connectivity index (χ4v) is 2.89. The summed E-state index contributed by atoms with van der Waals surface area (Å²) in [6, 6.07) is 35.5. The number of hydrogen-bond donors (Lipinski definition) is 0. The minimum Gasteiger partial charge on any atom is -0.206 e. The van der Waals surface area contributed by atoms with Gasteiger partial charge in [0, 0.05) is 0 Å². The van der Waals surface area contributed by atoms with Gasteiger partial charge in [-0.2, -0.15) is 41.5 Å². The Labute approximate surface area is 157 Å². The molecule has 0 bridgehead atoms. The van der Waals surface area contributed by atoms with Gasteiger partial charge in [-0.05, 0) is 0 Å². The summed E-state index contributed by atoms with van der Waals surface area (Å²) < 4.78 is 0. The zero-order valence-electron chi connectivity index (χ0n) is 13.2. The smallest absolute Gasteiger partial charge is 0.206 e. The van der Waals surface area contributed by atoms with Crippen LogP contribution in [0.5, 0.6) is 0 Å². The Kier molecular flexibility index (Phi) is 7.22. The molecule has 0 aliphatic heterocycles. The quantitative estimate of drug-likeness (QED) is 0.243. The van der Waals surface area contributed by atoms with Crippen LogP contribution in [0, 0.1) is 0 Å². The van der Waals surface area contributed by atoms with Crippen molar-refractivity contribution >= 4 is 14.5 Å². The Hall–Kier alpha value is -1.91. The average Bonchev–Trinajstić information content (AvgIpc) is 3.29. The summed E-state index contributed by atoms with van der Waals surface area (Å²) in [5.41, 5.74) is 5.18. The van der Waals surface area contributed by atoms with E-state index in [-0.39, 0.29) is 17.1 Å². The van der Waals surface area contributed by atoms with Gasteiger partial charge in [-0.1, -0.05) is 66.2 Å². The molecule has 0 amide bonds. The third-order valence-electron chi connectivity index (χ3n) is 3.70. The summed E-state index contributed by atoms with van der Waals surface area (Å²) in [6.45, 7) is 0. The topological polar surface area (TPSA) is 0 Å². The van der Waals surface area contributed by atoms with E-state index in [1.165, 1.54) is 27.6 Å². The van der Waals surface area contributed by atoms with Gasteiger partial charge >= 0.3 is 17.1 Å². The molecule has 1 atom stereocenters. The van der Waals surface area contributed by atoms with Gasteiger partial charge in [0.2, 0.25) is 0 Å². The molecule has 24 heavy (non-hydrogen) atoms. The molecule has 0 saturated carbocycles. The Bertz CT molecular complexity index is 815. The number of benzene rings is 2. The molecule has 120 valence electrons. The van der Waals surface area contributed by atoms with E-state index in [0.29, 0.717) is 0 Å². The molecule has 4 aromatic carbocycles. The molecule has 0 aromatic heterocycles. The monoisotopic (exact) mass is 370 g/mol. The second-order valence-electron chi connectivity index (χ2n) is 5.30. The molecule has 1 unspecified atom stereocenters. The first kappa shape index (κ1) is 18.4. The van der Waals surface area contributed by atoms with Crippen molar-refractivity contribution in [1.29, 1.82) is 0 Å². The Morgan fingerprint density at radius 1 is 0.583 bits per heavy atom.